The Hall–Kier alpha value is -1.42. The molecule has 1 rings (SSSR count). The molecular formula is C9H9FO3. The highest BCUT2D eigenvalue weighted by atomic mass is 19.1. The molecular weight excluding hydrogens is 175 g/mol. The molecule has 4 heteroatoms. The topological polar surface area (TPSA) is 46.5 Å². The molecule has 13 heavy (non-hydrogen) atoms. The molecule has 0 saturated heterocycles. The summed E-state index contributed by atoms with van der Waals surface area (Å²) in [6.45, 7) is 0. The number of aliphatic hydroxyl groups is 1. The number of aliphatic hydroxyl groups excluding tert-OH is 1. The largest absolute Gasteiger partial charge is 0.467 e. The van der Waals surface area contributed by atoms with Gasteiger partial charge in [-0.3, -0.25) is 0 Å². The summed E-state index contributed by atoms with van der Waals surface area (Å²) in [5.41, 5.74) is 0.313. The Morgan fingerprint density at radius 1 is 1.46 bits per heavy atom. The Labute approximate surface area is 74.8 Å². The molecule has 0 aliphatic heterocycles. The van der Waals surface area contributed by atoms with Crippen molar-refractivity contribution in [3.63, 3.8) is 0 Å². The van der Waals surface area contributed by atoms with Crippen LogP contribution in [-0.2, 0) is 9.53 Å². The monoisotopic (exact) mass is 184 g/mol. The number of carbonyl (C=O) groups excluding carboxylic acids is 1. The van der Waals surface area contributed by atoms with Crippen LogP contribution in [0.15, 0.2) is 24.3 Å². The van der Waals surface area contributed by atoms with Gasteiger partial charge < -0.3 is 9.84 Å². The van der Waals surface area contributed by atoms with Gasteiger partial charge in [-0.25, -0.2) is 9.18 Å². The number of ether oxygens (including phenoxy) is 1. The molecule has 0 bridgehead atoms. The van der Waals surface area contributed by atoms with Crippen LogP contribution in [0.25, 0.3) is 0 Å². The first-order chi connectivity index (χ1) is 6.15. The van der Waals surface area contributed by atoms with Crippen LogP contribution in [0.5, 0.6) is 0 Å². The van der Waals surface area contributed by atoms with Crippen molar-refractivity contribution >= 4 is 5.97 Å². The van der Waals surface area contributed by atoms with Gasteiger partial charge in [0, 0.05) is 0 Å². The van der Waals surface area contributed by atoms with Gasteiger partial charge >= 0.3 is 5.97 Å². The highest BCUT2D eigenvalue weighted by Crippen LogP contribution is 2.14. The Kier molecular flexibility index (Phi) is 2.97. The average Bonchev–Trinajstić information content (AvgIpc) is 2.17. The van der Waals surface area contributed by atoms with Crippen LogP contribution in [0.3, 0.4) is 0 Å². The van der Waals surface area contributed by atoms with Gasteiger partial charge in [0.15, 0.2) is 6.10 Å². The average molecular weight is 184 g/mol. The summed E-state index contributed by atoms with van der Waals surface area (Å²) >= 11 is 0. The molecule has 0 fully saturated rings. The molecule has 0 aliphatic carbocycles. The highest BCUT2D eigenvalue weighted by molar-refractivity contribution is 5.75. The number of esters is 1. The second-order valence-electron chi connectivity index (χ2n) is 2.48. The number of carbonyl (C=O) groups is 1. The van der Waals surface area contributed by atoms with Gasteiger partial charge in [0.1, 0.15) is 5.82 Å². The number of hydrogen-bond acceptors (Lipinski definition) is 3. The van der Waals surface area contributed by atoms with E-state index in [0.717, 1.165) is 0 Å². The van der Waals surface area contributed by atoms with Crippen molar-refractivity contribution in [1.29, 1.82) is 0 Å². The molecule has 1 aromatic rings. The van der Waals surface area contributed by atoms with Crippen LogP contribution in [0, 0.1) is 5.82 Å². The molecule has 1 aromatic carbocycles. The lowest BCUT2D eigenvalue weighted by Gasteiger charge is -2.07. The third-order valence-corrected chi connectivity index (χ3v) is 1.61. The lowest BCUT2D eigenvalue weighted by atomic mass is 10.1. The minimum Gasteiger partial charge on any atom is -0.467 e. The third kappa shape index (κ3) is 2.26. The minimum absolute atomic E-state index is 0.313. The van der Waals surface area contributed by atoms with E-state index in [0.29, 0.717) is 5.56 Å². The molecule has 0 amide bonds. The zero-order chi connectivity index (χ0) is 9.84. The molecule has 0 heterocycles. The second kappa shape index (κ2) is 4.00. The molecule has 0 aliphatic rings. The van der Waals surface area contributed by atoms with Crippen molar-refractivity contribution in [3.8, 4) is 0 Å². The van der Waals surface area contributed by atoms with Crippen LogP contribution in [0.1, 0.15) is 11.7 Å². The van der Waals surface area contributed by atoms with E-state index in [4.69, 9.17) is 0 Å². The van der Waals surface area contributed by atoms with Crippen LogP contribution in [0.4, 0.5) is 4.39 Å². The maximum Gasteiger partial charge on any atom is 0.339 e. The van der Waals surface area contributed by atoms with Gasteiger partial charge in [0.05, 0.1) is 7.11 Å². The molecule has 0 aromatic heterocycles. The summed E-state index contributed by atoms with van der Waals surface area (Å²) in [7, 11) is 1.18. The van der Waals surface area contributed by atoms with Crippen molar-refractivity contribution in [2.75, 3.05) is 7.11 Å². The van der Waals surface area contributed by atoms with Gasteiger partial charge in [-0.1, -0.05) is 12.1 Å². The number of benzene rings is 1. The van der Waals surface area contributed by atoms with E-state index in [-0.39, 0.29) is 0 Å². The fourth-order valence-electron chi connectivity index (χ4n) is 0.893. The molecule has 0 saturated carbocycles. The molecule has 1 atom stereocenters. The smallest absolute Gasteiger partial charge is 0.339 e. The second-order valence-corrected chi connectivity index (χ2v) is 2.48. The summed E-state index contributed by atoms with van der Waals surface area (Å²) in [4.78, 5) is 10.8. The van der Waals surface area contributed by atoms with Crippen LogP contribution in [0.2, 0.25) is 0 Å². The highest BCUT2D eigenvalue weighted by Gasteiger charge is 2.17. The van der Waals surface area contributed by atoms with Crippen LogP contribution < -0.4 is 0 Å². The van der Waals surface area contributed by atoms with Gasteiger partial charge in [-0.2, -0.15) is 0 Å². The summed E-state index contributed by atoms with van der Waals surface area (Å²) < 4.78 is 16.7. The first kappa shape index (κ1) is 9.67. The zero-order valence-corrected chi connectivity index (χ0v) is 7.03. The van der Waals surface area contributed by atoms with E-state index in [2.05, 4.69) is 4.74 Å². The van der Waals surface area contributed by atoms with E-state index >= 15 is 0 Å². The molecule has 1 N–H and O–H groups in total. The van der Waals surface area contributed by atoms with Crippen LogP contribution >= 0.6 is 0 Å². The zero-order valence-electron chi connectivity index (χ0n) is 7.03. The summed E-state index contributed by atoms with van der Waals surface area (Å²) in [6, 6.07) is 5.00. The standard InChI is InChI=1S/C9H9FO3/c1-13-9(12)8(11)6-2-4-7(10)5-3-6/h2-5,8,11H,1H3/t8-/m0/s1. The van der Waals surface area contributed by atoms with Crippen molar-refractivity contribution in [1.82, 2.24) is 0 Å². The van der Waals surface area contributed by atoms with Crippen molar-refractivity contribution in [2.45, 2.75) is 6.10 Å². The maximum atomic E-state index is 12.4. The number of methoxy groups -OCH3 is 1. The van der Waals surface area contributed by atoms with Gasteiger partial charge in [0.25, 0.3) is 0 Å². The van der Waals surface area contributed by atoms with Crippen molar-refractivity contribution < 1.29 is 19.0 Å². The fourth-order valence-corrected chi connectivity index (χ4v) is 0.893. The van der Waals surface area contributed by atoms with Crippen molar-refractivity contribution in [3.05, 3.63) is 35.6 Å². The van der Waals surface area contributed by atoms with Gasteiger partial charge in [-0.05, 0) is 17.7 Å². The predicted molar refractivity (Wildman–Crippen MR) is 43.4 cm³/mol. The summed E-state index contributed by atoms with van der Waals surface area (Å²) in [6.07, 6.45) is -1.34. The Morgan fingerprint density at radius 2 is 2.00 bits per heavy atom. The summed E-state index contributed by atoms with van der Waals surface area (Å²) in [5.74, 6) is -1.17. The first-order valence-corrected chi connectivity index (χ1v) is 3.66. The molecule has 0 spiro atoms. The summed E-state index contributed by atoms with van der Waals surface area (Å²) in [5, 5.41) is 9.28. The van der Waals surface area contributed by atoms with E-state index in [1.54, 1.807) is 0 Å². The number of hydrogen-bond donors (Lipinski definition) is 1. The number of halogens is 1. The minimum atomic E-state index is -1.34. The quantitative estimate of drug-likeness (QED) is 0.698. The van der Waals surface area contributed by atoms with E-state index in [9.17, 15) is 14.3 Å². The number of rotatable bonds is 2. The Bertz CT molecular complexity index is 294. The van der Waals surface area contributed by atoms with E-state index < -0.39 is 17.9 Å². The van der Waals surface area contributed by atoms with Gasteiger partial charge in [0.2, 0.25) is 0 Å². The first-order valence-electron chi connectivity index (χ1n) is 3.66. The third-order valence-electron chi connectivity index (χ3n) is 1.61. The lowest BCUT2D eigenvalue weighted by Crippen LogP contribution is -2.13. The molecule has 3 nitrogen and oxygen atoms in total. The lowest BCUT2D eigenvalue weighted by molar-refractivity contribution is -0.150. The normalized spacial score (nSPS) is 12.2. The Balaban J connectivity index is 2.83. The Morgan fingerprint density at radius 3 is 2.46 bits per heavy atom. The SMILES string of the molecule is COC(=O)[C@@H](O)c1ccc(F)cc1. The molecule has 70 valence electrons. The van der Waals surface area contributed by atoms with Crippen LogP contribution in [-0.4, -0.2) is 18.2 Å². The maximum absolute atomic E-state index is 12.4. The predicted octanol–water partition coefficient (Wildman–Crippen LogP) is 1.03. The molecule has 0 radical (unpaired) electrons. The van der Waals surface area contributed by atoms with Gasteiger partial charge in [-0.15, -0.1) is 0 Å². The fraction of sp³-hybridized carbons (Fsp3) is 0.222. The van der Waals surface area contributed by atoms with E-state index in [1.807, 2.05) is 0 Å². The molecule has 0 unspecified atom stereocenters. The van der Waals surface area contributed by atoms with E-state index in [1.165, 1.54) is 31.4 Å². The van der Waals surface area contributed by atoms with Crippen molar-refractivity contribution in [2.24, 2.45) is 0 Å².